The maximum absolute atomic E-state index is 10.9. The van der Waals surface area contributed by atoms with E-state index in [4.69, 9.17) is 21.4 Å². The third-order valence-electron chi connectivity index (χ3n) is 6.02. The van der Waals surface area contributed by atoms with Crippen molar-refractivity contribution in [1.82, 2.24) is 4.98 Å². The Hall–Kier alpha value is -1.29. The van der Waals surface area contributed by atoms with E-state index in [0.717, 1.165) is 12.8 Å². The van der Waals surface area contributed by atoms with Gasteiger partial charge in [-0.15, -0.1) is 0 Å². The Bertz CT molecular complexity index is 601. The smallest absolute Gasteiger partial charge is 0.337 e. The van der Waals surface area contributed by atoms with E-state index in [-0.39, 0.29) is 27.5 Å². The minimum absolute atomic E-state index is 0.0758. The zero-order valence-electron chi connectivity index (χ0n) is 12.5. The Balaban J connectivity index is 1.84. The number of halogens is 1. The summed E-state index contributed by atoms with van der Waals surface area (Å²) in [5, 5.41) is 9.20. The molecule has 0 spiro atoms. The molecule has 0 saturated heterocycles. The van der Waals surface area contributed by atoms with Gasteiger partial charge >= 0.3 is 5.97 Å². The number of hydrogen-bond donors (Lipinski definition) is 1. The molecule has 3 rings (SSSR count). The molecule has 1 aromatic heterocycles. The van der Waals surface area contributed by atoms with Gasteiger partial charge in [-0.2, -0.15) is 0 Å². The van der Waals surface area contributed by atoms with Gasteiger partial charge in [-0.05, 0) is 36.7 Å². The standard InChI is InChI=1S/C16H20ClNO3/c1-15(2)10-4-5-16(15,3)12(7-10)21-13-11(17)6-9(8-18-13)14(19)20/h6,8,10,12H,4-5,7H2,1-3H3,(H,19,20). The van der Waals surface area contributed by atoms with Crippen molar-refractivity contribution in [3.05, 3.63) is 22.8 Å². The molecule has 4 nitrogen and oxygen atoms in total. The van der Waals surface area contributed by atoms with Gasteiger partial charge in [0.25, 0.3) is 0 Å². The second kappa shape index (κ2) is 4.60. The van der Waals surface area contributed by atoms with Crippen LogP contribution in [0.5, 0.6) is 5.88 Å². The topological polar surface area (TPSA) is 59.4 Å². The molecular weight excluding hydrogens is 290 g/mol. The van der Waals surface area contributed by atoms with Crippen LogP contribution in [0.1, 0.15) is 50.4 Å². The lowest BCUT2D eigenvalue weighted by atomic mass is 9.70. The Morgan fingerprint density at radius 2 is 2.19 bits per heavy atom. The molecule has 114 valence electrons. The van der Waals surface area contributed by atoms with E-state index in [1.165, 1.54) is 18.7 Å². The molecule has 0 aromatic carbocycles. The van der Waals surface area contributed by atoms with E-state index in [0.29, 0.717) is 11.8 Å². The molecule has 0 aliphatic heterocycles. The number of carboxylic acids is 1. The first kappa shape index (κ1) is 14.6. The predicted molar refractivity (Wildman–Crippen MR) is 79.9 cm³/mol. The lowest BCUT2D eigenvalue weighted by Crippen LogP contribution is -2.39. The Morgan fingerprint density at radius 1 is 1.48 bits per heavy atom. The molecule has 1 aromatic rings. The largest absolute Gasteiger partial charge is 0.478 e. The van der Waals surface area contributed by atoms with Crippen molar-refractivity contribution >= 4 is 17.6 Å². The minimum Gasteiger partial charge on any atom is -0.478 e. The van der Waals surface area contributed by atoms with Gasteiger partial charge in [-0.1, -0.05) is 32.4 Å². The lowest BCUT2D eigenvalue weighted by Gasteiger charge is -2.38. The molecule has 1 N–H and O–H groups in total. The van der Waals surface area contributed by atoms with Gasteiger partial charge in [0.1, 0.15) is 11.1 Å². The van der Waals surface area contributed by atoms with Gasteiger partial charge in [0.15, 0.2) is 0 Å². The summed E-state index contributed by atoms with van der Waals surface area (Å²) in [7, 11) is 0. The van der Waals surface area contributed by atoms with E-state index >= 15 is 0 Å². The van der Waals surface area contributed by atoms with Gasteiger partial charge in [-0.3, -0.25) is 0 Å². The van der Waals surface area contributed by atoms with Crippen LogP contribution in [0.3, 0.4) is 0 Å². The Kier molecular flexibility index (Phi) is 3.21. The normalized spacial score (nSPS) is 33.1. The highest BCUT2D eigenvalue weighted by Crippen LogP contribution is 2.66. The van der Waals surface area contributed by atoms with Crippen molar-refractivity contribution in [3.63, 3.8) is 0 Å². The number of ether oxygens (including phenoxy) is 1. The van der Waals surface area contributed by atoms with E-state index in [1.807, 2.05) is 0 Å². The molecular formula is C16H20ClNO3. The molecule has 2 aliphatic carbocycles. The van der Waals surface area contributed by atoms with Crippen LogP contribution in [0.4, 0.5) is 0 Å². The number of carboxylic acid groups (broad SMARTS) is 1. The van der Waals surface area contributed by atoms with Crippen LogP contribution in [0, 0.1) is 16.7 Å². The molecule has 2 saturated carbocycles. The quantitative estimate of drug-likeness (QED) is 0.916. The van der Waals surface area contributed by atoms with Crippen molar-refractivity contribution in [2.75, 3.05) is 0 Å². The summed E-state index contributed by atoms with van der Waals surface area (Å²) >= 11 is 6.12. The van der Waals surface area contributed by atoms with Crippen LogP contribution in [0.25, 0.3) is 0 Å². The number of aromatic nitrogens is 1. The highest BCUT2D eigenvalue weighted by atomic mass is 35.5. The third kappa shape index (κ3) is 2.03. The van der Waals surface area contributed by atoms with Gasteiger partial charge < -0.3 is 9.84 Å². The Morgan fingerprint density at radius 3 is 2.67 bits per heavy atom. The van der Waals surface area contributed by atoms with Crippen LogP contribution in [-0.4, -0.2) is 22.2 Å². The summed E-state index contributed by atoms with van der Waals surface area (Å²) in [4.78, 5) is 15.0. The molecule has 3 atom stereocenters. The molecule has 0 radical (unpaired) electrons. The molecule has 2 bridgehead atoms. The number of aromatic carboxylic acids is 1. The molecule has 2 aliphatic rings. The summed E-state index contributed by atoms with van der Waals surface area (Å²) in [5.74, 6) is -0.0234. The average molecular weight is 310 g/mol. The van der Waals surface area contributed by atoms with Crippen LogP contribution >= 0.6 is 11.6 Å². The minimum atomic E-state index is -1.04. The maximum Gasteiger partial charge on any atom is 0.337 e. The van der Waals surface area contributed by atoms with Gasteiger partial charge in [0, 0.05) is 11.6 Å². The number of nitrogens with zero attached hydrogens (tertiary/aromatic N) is 1. The van der Waals surface area contributed by atoms with E-state index in [9.17, 15) is 4.79 Å². The van der Waals surface area contributed by atoms with Crippen molar-refractivity contribution in [2.45, 2.75) is 46.1 Å². The first-order valence-electron chi connectivity index (χ1n) is 7.31. The zero-order chi connectivity index (χ0) is 15.4. The van der Waals surface area contributed by atoms with E-state index in [1.54, 1.807) is 0 Å². The second-order valence-corrected chi connectivity index (χ2v) is 7.44. The highest BCUT2D eigenvalue weighted by Gasteiger charge is 2.62. The fourth-order valence-corrected chi connectivity index (χ4v) is 4.28. The van der Waals surface area contributed by atoms with Crippen LogP contribution in [-0.2, 0) is 0 Å². The monoisotopic (exact) mass is 309 g/mol. The fraction of sp³-hybridized carbons (Fsp3) is 0.625. The van der Waals surface area contributed by atoms with Crippen molar-refractivity contribution < 1.29 is 14.6 Å². The molecule has 1 heterocycles. The van der Waals surface area contributed by atoms with Crippen molar-refractivity contribution in [3.8, 4) is 5.88 Å². The first-order chi connectivity index (χ1) is 9.75. The Labute approximate surface area is 129 Å². The van der Waals surface area contributed by atoms with Gasteiger partial charge in [-0.25, -0.2) is 9.78 Å². The van der Waals surface area contributed by atoms with E-state index in [2.05, 4.69) is 25.8 Å². The summed E-state index contributed by atoms with van der Waals surface area (Å²) in [6, 6.07) is 1.40. The predicted octanol–water partition coefficient (Wildman–Crippen LogP) is 4.03. The number of carbonyl (C=O) groups is 1. The van der Waals surface area contributed by atoms with Gasteiger partial charge in [0.2, 0.25) is 5.88 Å². The molecule has 21 heavy (non-hydrogen) atoms. The van der Waals surface area contributed by atoms with Crippen LogP contribution in [0.2, 0.25) is 5.02 Å². The molecule has 3 unspecified atom stereocenters. The third-order valence-corrected chi connectivity index (χ3v) is 6.29. The SMILES string of the molecule is CC1(C)C2CCC1(C)C(Oc1ncc(C(=O)O)cc1Cl)C2. The molecule has 2 fully saturated rings. The average Bonchev–Trinajstić information content (AvgIpc) is 2.74. The highest BCUT2D eigenvalue weighted by molar-refractivity contribution is 6.32. The number of fused-ring (bicyclic) bond motifs is 2. The first-order valence-corrected chi connectivity index (χ1v) is 7.69. The van der Waals surface area contributed by atoms with Gasteiger partial charge in [0.05, 0.1) is 5.56 Å². The summed E-state index contributed by atoms with van der Waals surface area (Å²) in [6.45, 7) is 6.91. The van der Waals surface area contributed by atoms with Crippen LogP contribution in [0.15, 0.2) is 12.3 Å². The number of hydrogen-bond acceptors (Lipinski definition) is 3. The fourth-order valence-electron chi connectivity index (χ4n) is 4.07. The number of pyridine rings is 1. The van der Waals surface area contributed by atoms with E-state index < -0.39 is 5.97 Å². The number of rotatable bonds is 3. The zero-order valence-corrected chi connectivity index (χ0v) is 13.3. The summed E-state index contributed by atoms with van der Waals surface area (Å²) < 4.78 is 6.08. The maximum atomic E-state index is 10.9. The molecule has 0 amide bonds. The second-order valence-electron chi connectivity index (χ2n) is 7.03. The van der Waals surface area contributed by atoms with Crippen molar-refractivity contribution in [1.29, 1.82) is 0 Å². The lowest BCUT2D eigenvalue weighted by molar-refractivity contribution is 0.0273. The molecule has 5 heteroatoms. The summed E-state index contributed by atoms with van der Waals surface area (Å²) in [5.41, 5.74) is 0.450. The van der Waals surface area contributed by atoms with Crippen molar-refractivity contribution in [2.24, 2.45) is 16.7 Å². The summed E-state index contributed by atoms with van der Waals surface area (Å²) in [6.07, 6.45) is 4.81. The van der Waals surface area contributed by atoms with Crippen LogP contribution < -0.4 is 4.74 Å².